The molecule has 0 saturated heterocycles. The summed E-state index contributed by atoms with van der Waals surface area (Å²) in [7, 11) is 1.99. The quantitative estimate of drug-likeness (QED) is 0.113. The Balaban J connectivity index is 1.83. The number of pyridine rings is 1. The van der Waals surface area contributed by atoms with Gasteiger partial charge in [-0.25, -0.2) is 4.57 Å². The Labute approximate surface area is 249 Å². The van der Waals surface area contributed by atoms with Crippen molar-refractivity contribution in [3.8, 4) is 0 Å². The third-order valence-electron chi connectivity index (χ3n) is 8.81. The number of fused-ring (bicyclic) bond motifs is 7. The van der Waals surface area contributed by atoms with Gasteiger partial charge in [0, 0.05) is 10.8 Å². The van der Waals surface area contributed by atoms with Crippen molar-refractivity contribution in [2.24, 2.45) is 17.9 Å². The maximum Gasteiger partial charge on any atom is 0.417 e. The summed E-state index contributed by atoms with van der Waals surface area (Å²) >= 11 is 0. The average Bonchev–Trinajstić information content (AvgIpc) is 3.24. The van der Waals surface area contributed by atoms with Gasteiger partial charge in [0.05, 0.1) is 39.9 Å². The van der Waals surface area contributed by atoms with Crippen LogP contribution in [0.1, 0.15) is 63.8 Å². The molecule has 0 amide bonds. The maximum absolute atomic E-state index is 14.5. The van der Waals surface area contributed by atoms with Gasteiger partial charge in [-0.2, -0.15) is 13.2 Å². The van der Waals surface area contributed by atoms with E-state index in [2.05, 4.69) is 71.1 Å². The molecule has 0 unspecified atom stereocenters. The number of benzene rings is 4. The van der Waals surface area contributed by atoms with Gasteiger partial charge in [0.15, 0.2) is 5.52 Å². The van der Waals surface area contributed by atoms with Gasteiger partial charge in [-0.3, -0.25) is 0 Å². The maximum atomic E-state index is 14.5. The summed E-state index contributed by atoms with van der Waals surface area (Å²) in [5.74, 6) is 0. The highest BCUT2D eigenvalue weighted by atomic mass is 19.4. The van der Waals surface area contributed by atoms with Crippen molar-refractivity contribution in [1.82, 2.24) is 9.38 Å². The minimum Gasteiger partial charge on any atom is -0.307 e. The Kier molecular flexibility index (Phi) is 5.71. The third kappa shape index (κ3) is 4.16. The van der Waals surface area contributed by atoms with Crippen LogP contribution in [0.2, 0.25) is 0 Å². The summed E-state index contributed by atoms with van der Waals surface area (Å²) in [6, 6.07) is 15.1. The molecule has 7 rings (SSSR count). The minimum absolute atomic E-state index is 0.0635. The number of hydrogen-bond acceptors (Lipinski definition) is 1. The van der Waals surface area contributed by atoms with Gasteiger partial charge in [0.25, 0.3) is 6.33 Å². The average molecular weight is 581 g/mol. The zero-order valence-corrected chi connectivity index (χ0v) is 26.1. The van der Waals surface area contributed by atoms with Crippen molar-refractivity contribution < 1.29 is 17.7 Å². The van der Waals surface area contributed by atoms with Crippen LogP contribution in [0.15, 0.2) is 54.9 Å². The van der Waals surface area contributed by atoms with E-state index in [9.17, 15) is 13.2 Å². The number of aryl methyl sites for hydroxylation is 2. The van der Waals surface area contributed by atoms with E-state index < -0.39 is 11.7 Å². The Morgan fingerprint density at radius 3 is 2.14 bits per heavy atom. The summed E-state index contributed by atoms with van der Waals surface area (Å²) in [5, 5.41) is 5.19. The molecule has 0 radical (unpaired) electrons. The molecule has 0 aliphatic heterocycles. The van der Waals surface area contributed by atoms with Gasteiger partial charge in [-0.15, -0.1) is 0 Å². The monoisotopic (exact) mass is 580 g/mol. The summed E-state index contributed by atoms with van der Waals surface area (Å²) in [6.45, 7) is 15.6. The second-order valence-corrected chi connectivity index (χ2v) is 14.8. The lowest BCUT2D eigenvalue weighted by molar-refractivity contribution is -0.646. The molecule has 6 heteroatoms. The molecule has 220 valence electrons. The number of hydrogen-bond donors (Lipinski definition) is 0. The fourth-order valence-corrected chi connectivity index (χ4v) is 7.36. The Hall–Kier alpha value is -3.93. The molecule has 3 heterocycles. The first-order valence-corrected chi connectivity index (χ1v) is 15.0. The molecule has 3 aromatic heterocycles. The van der Waals surface area contributed by atoms with Gasteiger partial charge >= 0.3 is 6.18 Å². The highest BCUT2D eigenvalue weighted by molar-refractivity contribution is 6.28. The lowest BCUT2D eigenvalue weighted by Crippen LogP contribution is -2.30. The number of aromatic nitrogens is 3. The van der Waals surface area contributed by atoms with E-state index in [1.807, 2.05) is 36.1 Å². The van der Waals surface area contributed by atoms with Crippen LogP contribution in [0.25, 0.3) is 59.9 Å². The molecule has 4 aromatic carbocycles. The van der Waals surface area contributed by atoms with E-state index in [-0.39, 0.29) is 16.2 Å². The lowest BCUT2D eigenvalue weighted by Gasteiger charge is -2.25. The van der Waals surface area contributed by atoms with E-state index in [1.165, 1.54) is 22.6 Å². The van der Waals surface area contributed by atoms with E-state index >= 15 is 0 Å². The molecular weight excluding hydrogens is 543 g/mol. The van der Waals surface area contributed by atoms with Crippen LogP contribution in [-0.4, -0.2) is 9.38 Å². The van der Waals surface area contributed by atoms with E-state index in [4.69, 9.17) is 4.98 Å². The van der Waals surface area contributed by atoms with E-state index in [0.717, 1.165) is 56.6 Å². The predicted molar refractivity (Wildman–Crippen MR) is 171 cm³/mol. The molecule has 0 spiro atoms. The van der Waals surface area contributed by atoms with E-state index in [0.29, 0.717) is 10.9 Å². The molecule has 0 atom stereocenters. The largest absolute Gasteiger partial charge is 0.417 e. The predicted octanol–water partition coefficient (Wildman–Crippen LogP) is 9.87. The minimum atomic E-state index is -4.48. The number of halogens is 3. The molecule has 0 bridgehead atoms. The van der Waals surface area contributed by atoms with Crippen molar-refractivity contribution in [2.75, 3.05) is 0 Å². The summed E-state index contributed by atoms with van der Waals surface area (Å²) in [5.41, 5.74) is 7.21. The Morgan fingerprint density at radius 1 is 0.767 bits per heavy atom. The number of nitrogens with zero attached hydrogens (tertiary/aromatic N) is 3. The Morgan fingerprint density at radius 2 is 1.47 bits per heavy atom. The topological polar surface area (TPSA) is 21.2 Å². The van der Waals surface area contributed by atoms with Crippen LogP contribution in [0, 0.1) is 17.8 Å². The normalized spacial score (nSPS) is 13.7. The fourth-order valence-electron chi connectivity index (χ4n) is 7.36. The van der Waals surface area contributed by atoms with Gasteiger partial charge in [-0.1, -0.05) is 65.8 Å². The molecule has 7 aromatic rings. The summed E-state index contributed by atoms with van der Waals surface area (Å²) in [6.07, 6.45) is -0.933. The molecule has 0 saturated carbocycles. The third-order valence-corrected chi connectivity index (χ3v) is 8.81. The highest BCUT2D eigenvalue weighted by Gasteiger charge is 2.36. The van der Waals surface area contributed by atoms with Crippen molar-refractivity contribution in [1.29, 1.82) is 0 Å². The van der Waals surface area contributed by atoms with Crippen LogP contribution in [0.5, 0.6) is 0 Å². The van der Waals surface area contributed by atoms with Gasteiger partial charge in [-0.05, 0) is 87.3 Å². The summed E-state index contributed by atoms with van der Waals surface area (Å²) < 4.78 is 47.8. The van der Waals surface area contributed by atoms with Crippen LogP contribution >= 0.6 is 0 Å². The molecule has 0 N–H and O–H groups in total. The first-order chi connectivity index (χ1) is 20.0. The van der Waals surface area contributed by atoms with Crippen LogP contribution < -0.4 is 4.57 Å². The van der Waals surface area contributed by atoms with Crippen LogP contribution in [0.3, 0.4) is 0 Å². The standard InChI is InChI=1S/C37H37F3N3/c1-20-24-16-21(17-35(2,3)4)12-13-22(24)25(18-36(5,6)7)33-29(20)34-31-27(41-19-42(34)8)15-14-23-30-26(37(38,39)40)10-9-11-28(30)43(33)32(23)31/h9-16,19H,17-18H2,1-8H3/q+1. The summed E-state index contributed by atoms with van der Waals surface area (Å²) in [4.78, 5) is 4.74. The molecule has 0 aliphatic rings. The van der Waals surface area contributed by atoms with Crippen molar-refractivity contribution >= 4 is 59.9 Å². The van der Waals surface area contributed by atoms with Crippen molar-refractivity contribution in [2.45, 2.75) is 67.5 Å². The molecule has 0 aliphatic carbocycles. The van der Waals surface area contributed by atoms with Crippen molar-refractivity contribution in [3.05, 3.63) is 77.1 Å². The molecule has 0 fully saturated rings. The molecular formula is C37H37F3N3+. The molecule has 43 heavy (non-hydrogen) atoms. The number of rotatable bonds is 2. The first-order valence-electron chi connectivity index (χ1n) is 15.0. The zero-order chi connectivity index (χ0) is 30.8. The van der Waals surface area contributed by atoms with Crippen molar-refractivity contribution in [3.63, 3.8) is 0 Å². The second kappa shape index (κ2) is 8.81. The second-order valence-electron chi connectivity index (χ2n) is 14.8. The SMILES string of the molecule is Cc1c2cc(CC(C)(C)C)ccc2c(CC(C)(C)C)c2c1c1c3c(ccc4c5c(C(F)(F)F)cccc5n2c43)nc[n+]1C. The van der Waals surface area contributed by atoms with Crippen LogP contribution in [-0.2, 0) is 26.1 Å². The fraction of sp³-hybridized carbons (Fsp3) is 0.351. The smallest absolute Gasteiger partial charge is 0.307 e. The van der Waals surface area contributed by atoms with Crippen LogP contribution in [0.4, 0.5) is 13.2 Å². The highest BCUT2D eigenvalue weighted by Crippen LogP contribution is 2.47. The van der Waals surface area contributed by atoms with E-state index in [1.54, 1.807) is 6.07 Å². The number of alkyl halides is 3. The lowest BCUT2D eigenvalue weighted by atomic mass is 9.82. The van der Waals surface area contributed by atoms with Gasteiger partial charge < -0.3 is 4.40 Å². The molecule has 3 nitrogen and oxygen atoms in total. The van der Waals surface area contributed by atoms with Gasteiger partial charge in [0.1, 0.15) is 5.52 Å². The zero-order valence-electron chi connectivity index (χ0n) is 26.1. The first kappa shape index (κ1) is 27.9. The van der Waals surface area contributed by atoms with Gasteiger partial charge in [0.2, 0.25) is 0 Å². The Bertz CT molecular complexity index is 2260.